The first kappa shape index (κ1) is 18.4. The quantitative estimate of drug-likeness (QED) is 0.381. The number of esters is 3. The molecule has 0 aromatic carbocycles. The first-order valence-corrected chi connectivity index (χ1v) is 8.39. The first-order valence-electron chi connectivity index (χ1n) is 8.39. The van der Waals surface area contributed by atoms with Crippen LogP contribution in [0.5, 0.6) is 0 Å². The third-order valence-corrected chi connectivity index (χ3v) is 4.93. The monoisotopic (exact) mass is 368 g/mol. The maximum absolute atomic E-state index is 12.2. The summed E-state index contributed by atoms with van der Waals surface area (Å²) in [6.45, 7) is 6.72. The molecule has 26 heavy (non-hydrogen) atoms. The SMILES string of the molecule is C=C(C)C(=O)OC(CC)CC(=O)OC1C2OC(=O)C3C2OC1C3C(=O)O. The zero-order valence-corrected chi connectivity index (χ0v) is 14.4. The highest BCUT2D eigenvalue weighted by Crippen LogP contribution is 2.51. The van der Waals surface area contributed by atoms with E-state index in [1.807, 2.05) is 0 Å². The molecule has 3 saturated heterocycles. The summed E-state index contributed by atoms with van der Waals surface area (Å²) in [4.78, 5) is 47.2. The number of carboxylic acid groups (broad SMARTS) is 1. The molecule has 3 heterocycles. The molecule has 0 radical (unpaired) electrons. The van der Waals surface area contributed by atoms with Crippen LogP contribution >= 0.6 is 0 Å². The summed E-state index contributed by atoms with van der Waals surface area (Å²) in [7, 11) is 0. The summed E-state index contributed by atoms with van der Waals surface area (Å²) in [5.41, 5.74) is 0.214. The van der Waals surface area contributed by atoms with Gasteiger partial charge in [-0.05, 0) is 13.3 Å². The summed E-state index contributed by atoms with van der Waals surface area (Å²) in [5, 5.41) is 9.37. The van der Waals surface area contributed by atoms with Gasteiger partial charge in [0.2, 0.25) is 0 Å². The van der Waals surface area contributed by atoms with Gasteiger partial charge in [0.1, 0.15) is 30.1 Å². The van der Waals surface area contributed by atoms with Crippen LogP contribution < -0.4 is 0 Å². The van der Waals surface area contributed by atoms with Crippen molar-refractivity contribution in [2.45, 2.75) is 57.2 Å². The lowest BCUT2D eigenvalue weighted by molar-refractivity contribution is -0.166. The lowest BCUT2D eigenvalue weighted by Crippen LogP contribution is -2.47. The molecule has 9 nitrogen and oxygen atoms in total. The number of fused-ring (bicyclic) bond motifs is 1. The van der Waals surface area contributed by atoms with E-state index < -0.39 is 66.2 Å². The van der Waals surface area contributed by atoms with Crippen LogP contribution in [0, 0.1) is 11.8 Å². The first-order chi connectivity index (χ1) is 12.2. The Balaban J connectivity index is 1.64. The van der Waals surface area contributed by atoms with E-state index in [0.717, 1.165) is 0 Å². The van der Waals surface area contributed by atoms with Crippen molar-refractivity contribution < 1.29 is 43.2 Å². The van der Waals surface area contributed by atoms with E-state index in [0.29, 0.717) is 6.42 Å². The molecule has 3 aliphatic rings. The molecular weight excluding hydrogens is 348 g/mol. The van der Waals surface area contributed by atoms with E-state index in [4.69, 9.17) is 18.9 Å². The summed E-state index contributed by atoms with van der Waals surface area (Å²) < 4.78 is 21.2. The highest BCUT2D eigenvalue weighted by Gasteiger charge is 2.71. The highest BCUT2D eigenvalue weighted by molar-refractivity contribution is 5.87. The molecule has 0 spiro atoms. The minimum atomic E-state index is -1.19. The second-order valence-electron chi connectivity index (χ2n) is 6.73. The average molecular weight is 368 g/mol. The normalized spacial score (nSPS) is 34.9. The summed E-state index contributed by atoms with van der Waals surface area (Å²) >= 11 is 0. The Kier molecular flexibility index (Phi) is 4.74. The Morgan fingerprint density at radius 1 is 1.27 bits per heavy atom. The molecular formula is C17H20O9. The summed E-state index contributed by atoms with van der Waals surface area (Å²) in [6, 6.07) is 0. The number of rotatable bonds is 7. The van der Waals surface area contributed by atoms with Gasteiger partial charge in [-0.25, -0.2) is 4.79 Å². The Morgan fingerprint density at radius 2 is 1.96 bits per heavy atom. The van der Waals surface area contributed by atoms with E-state index in [1.54, 1.807) is 6.92 Å². The topological polar surface area (TPSA) is 125 Å². The van der Waals surface area contributed by atoms with Crippen LogP contribution in [0.1, 0.15) is 26.7 Å². The highest BCUT2D eigenvalue weighted by atomic mass is 16.7. The molecule has 7 unspecified atom stereocenters. The van der Waals surface area contributed by atoms with Crippen LogP contribution in [0.2, 0.25) is 0 Å². The number of ether oxygens (including phenoxy) is 4. The van der Waals surface area contributed by atoms with Gasteiger partial charge in [-0.1, -0.05) is 13.5 Å². The Morgan fingerprint density at radius 3 is 2.54 bits per heavy atom. The van der Waals surface area contributed by atoms with Crippen LogP contribution in [0.3, 0.4) is 0 Å². The fourth-order valence-electron chi connectivity index (χ4n) is 3.66. The minimum absolute atomic E-state index is 0.203. The molecule has 3 aliphatic heterocycles. The number of hydrogen-bond acceptors (Lipinski definition) is 8. The number of hydrogen-bond donors (Lipinski definition) is 1. The second kappa shape index (κ2) is 6.71. The molecule has 142 valence electrons. The van der Waals surface area contributed by atoms with Crippen LogP contribution in [-0.2, 0) is 38.1 Å². The maximum Gasteiger partial charge on any atom is 0.333 e. The van der Waals surface area contributed by atoms with Crippen LogP contribution in [0.15, 0.2) is 12.2 Å². The van der Waals surface area contributed by atoms with Gasteiger partial charge in [0.15, 0.2) is 12.2 Å². The Labute approximate surface area is 149 Å². The smallest absolute Gasteiger partial charge is 0.333 e. The molecule has 9 heteroatoms. The predicted octanol–water partition coefficient (Wildman–Crippen LogP) is 0.210. The summed E-state index contributed by atoms with van der Waals surface area (Å²) in [6.07, 6.45) is -3.93. The molecule has 2 bridgehead atoms. The van der Waals surface area contributed by atoms with Gasteiger partial charge in [-0.2, -0.15) is 0 Å². The summed E-state index contributed by atoms with van der Waals surface area (Å²) in [5.74, 6) is -5.09. The van der Waals surface area contributed by atoms with Crippen molar-refractivity contribution in [3.63, 3.8) is 0 Å². The molecule has 3 fully saturated rings. The fraction of sp³-hybridized carbons (Fsp3) is 0.647. The maximum atomic E-state index is 12.2. The van der Waals surface area contributed by atoms with Crippen molar-refractivity contribution in [3.05, 3.63) is 12.2 Å². The van der Waals surface area contributed by atoms with Gasteiger partial charge in [0.05, 0.1) is 6.42 Å². The van der Waals surface area contributed by atoms with Gasteiger partial charge in [0, 0.05) is 5.57 Å². The zero-order chi connectivity index (χ0) is 19.2. The van der Waals surface area contributed by atoms with Crippen molar-refractivity contribution in [2.24, 2.45) is 11.8 Å². The van der Waals surface area contributed by atoms with E-state index >= 15 is 0 Å². The van der Waals surface area contributed by atoms with Crippen molar-refractivity contribution in [3.8, 4) is 0 Å². The lowest BCUT2D eigenvalue weighted by Gasteiger charge is -2.26. The molecule has 7 atom stereocenters. The molecule has 1 N–H and O–H groups in total. The van der Waals surface area contributed by atoms with E-state index in [-0.39, 0.29) is 12.0 Å². The van der Waals surface area contributed by atoms with Gasteiger partial charge in [-0.3, -0.25) is 14.4 Å². The number of carbonyl (C=O) groups excluding carboxylic acids is 3. The standard InChI is InChI=1S/C17H20O9/c1-4-7(23-16(21)6(2)3)5-8(18)24-13-11-9(15(19)20)10-12(25-11)14(13)26-17(10)22/h7,9-14H,2,4-5H2,1,3H3,(H,19,20). The minimum Gasteiger partial charge on any atom is -0.481 e. The Bertz CT molecular complexity index is 669. The van der Waals surface area contributed by atoms with Crippen molar-refractivity contribution in [1.29, 1.82) is 0 Å². The fourth-order valence-corrected chi connectivity index (χ4v) is 3.66. The number of aliphatic carboxylic acids is 1. The Hall–Kier alpha value is -2.42. The molecule has 0 aliphatic carbocycles. The van der Waals surface area contributed by atoms with Crippen LogP contribution in [0.4, 0.5) is 0 Å². The molecule has 0 amide bonds. The van der Waals surface area contributed by atoms with Gasteiger partial charge < -0.3 is 24.1 Å². The van der Waals surface area contributed by atoms with Crippen molar-refractivity contribution in [1.82, 2.24) is 0 Å². The van der Waals surface area contributed by atoms with Gasteiger partial charge in [-0.15, -0.1) is 0 Å². The molecule has 3 rings (SSSR count). The largest absolute Gasteiger partial charge is 0.481 e. The second-order valence-corrected chi connectivity index (χ2v) is 6.73. The van der Waals surface area contributed by atoms with E-state index in [1.165, 1.54) is 6.92 Å². The molecule has 0 aromatic rings. The number of carboxylic acids is 1. The van der Waals surface area contributed by atoms with Crippen molar-refractivity contribution >= 4 is 23.9 Å². The average Bonchev–Trinajstić information content (AvgIpc) is 3.17. The number of carbonyl (C=O) groups is 4. The third kappa shape index (κ3) is 2.96. The van der Waals surface area contributed by atoms with Crippen LogP contribution in [-0.4, -0.2) is 59.5 Å². The van der Waals surface area contributed by atoms with E-state index in [2.05, 4.69) is 6.58 Å². The predicted molar refractivity (Wildman–Crippen MR) is 82.6 cm³/mol. The molecule has 0 saturated carbocycles. The van der Waals surface area contributed by atoms with Gasteiger partial charge >= 0.3 is 23.9 Å². The van der Waals surface area contributed by atoms with Crippen LogP contribution in [0.25, 0.3) is 0 Å². The zero-order valence-electron chi connectivity index (χ0n) is 14.4. The van der Waals surface area contributed by atoms with Gasteiger partial charge in [0.25, 0.3) is 0 Å². The molecule has 0 aromatic heterocycles. The lowest BCUT2D eigenvalue weighted by atomic mass is 9.78. The van der Waals surface area contributed by atoms with E-state index in [9.17, 15) is 24.3 Å². The van der Waals surface area contributed by atoms with Crippen molar-refractivity contribution in [2.75, 3.05) is 0 Å². The third-order valence-electron chi connectivity index (χ3n) is 4.93.